The lowest BCUT2D eigenvalue weighted by atomic mass is 10.2. The molecule has 2 fully saturated rings. The Bertz CT molecular complexity index is 228. The van der Waals surface area contributed by atoms with Crippen LogP contribution < -0.4 is 0 Å². The number of hydrogen-bond donors (Lipinski definition) is 1. The second kappa shape index (κ2) is 3.37. The van der Waals surface area contributed by atoms with Gasteiger partial charge in [0.15, 0.2) is 0 Å². The first kappa shape index (κ1) is 9.68. The molecular formula is C8H13NO2S2. The average Bonchev–Trinajstić information content (AvgIpc) is 2.60. The van der Waals surface area contributed by atoms with Crippen molar-refractivity contribution in [1.82, 2.24) is 4.90 Å². The molecule has 2 aliphatic rings. The molecule has 1 atom stereocenters. The van der Waals surface area contributed by atoms with E-state index in [1.807, 2.05) is 35.5 Å². The molecule has 2 rings (SSSR count). The lowest BCUT2D eigenvalue weighted by Crippen LogP contribution is -2.32. The number of nitrogens with zero attached hydrogens (tertiary/aromatic N) is 1. The predicted octanol–water partition coefficient (Wildman–Crippen LogP) is 0.951. The average molecular weight is 219 g/mol. The lowest BCUT2D eigenvalue weighted by Gasteiger charge is -2.19. The molecule has 0 radical (unpaired) electrons. The number of rotatable bonds is 1. The third-order valence-corrected chi connectivity index (χ3v) is 6.05. The molecule has 1 N–H and O–H groups in total. The molecule has 0 saturated carbocycles. The largest absolute Gasteiger partial charge is 0.480 e. The molecule has 2 aliphatic heterocycles. The van der Waals surface area contributed by atoms with Crippen molar-refractivity contribution in [1.29, 1.82) is 0 Å². The van der Waals surface area contributed by atoms with Gasteiger partial charge in [0.1, 0.15) is 6.04 Å². The fraction of sp³-hybridized carbons (Fsp3) is 0.875. The summed E-state index contributed by atoms with van der Waals surface area (Å²) in [5.41, 5.74) is 0. The smallest absolute Gasteiger partial charge is 0.320 e. The number of carbonyl (C=O) groups is 1. The van der Waals surface area contributed by atoms with Crippen LogP contribution in [0.1, 0.15) is 6.42 Å². The second-order valence-corrected chi connectivity index (χ2v) is 6.80. The molecule has 0 aromatic rings. The third kappa shape index (κ3) is 1.69. The van der Waals surface area contributed by atoms with Crippen LogP contribution >= 0.6 is 23.5 Å². The van der Waals surface area contributed by atoms with Gasteiger partial charge in [-0.3, -0.25) is 9.69 Å². The zero-order valence-electron chi connectivity index (χ0n) is 7.52. The van der Waals surface area contributed by atoms with E-state index < -0.39 is 5.97 Å². The van der Waals surface area contributed by atoms with Crippen LogP contribution in [0.3, 0.4) is 0 Å². The van der Waals surface area contributed by atoms with E-state index in [1.54, 1.807) is 0 Å². The van der Waals surface area contributed by atoms with Crippen LogP contribution in [0, 0.1) is 0 Å². The number of hydrogen-bond acceptors (Lipinski definition) is 4. The molecular weight excluding hydrogens is 206 g/mol. The van der Waals surface area contributed by atoms with Crippen molar-refractivity contribution in [3.8, 4) is 0 Å². The highest BCUT2D eigenvalue weighted by atomic mass is 32.2. The van der Waals surface area contributed by atoms with Gasteiger partial charge in [-0.05, 0) is 13.5 Å². The zero-order chi connectivity index (χ0) is 9.47. The van der Waals surface area contributed by atoms with Crippen molar-refractivity contribution in [3.63, 3.8) is 0 Å². The minimum absolute atomic E-state index is 0.192. The summed E-state index contributed by atoms with van der Waals surface area (Å²) in [5.74, 6) is 1.67. The van der Waals surface area contributed by atoms with Crippen molar-refractivity contribution in [2.24, 2.45) is 0 Å². The SMILES string of the molecule is CN1CC2(C[C@H]1C(=O)O)SCCS2. The second-order valence-electron chi connectivity index (χ2n) is 3.58. The molecule has 0 aromatic heterocycles. The van der Waals surface area contributed by atoms with Crippen molar-refractivity contribution in [3.05, 3.63) is 0 Å². The van der Waals surface area contributed by atoms with Gasteiger partial charge in [0.2, 0.25) is 0 Å². The number of thioether (sulfide) groups is 2. The van der Waals surface area contributed by atoms with E-state index in [-0.39, 0.29) is 10.1 Å². The highest BCUT2D eigenvalue weighted by Gasteiger charge is 2.48. The zero-order valence-corrected chi connectivity index (χ0v) is 9.16. The number of aliphatic carboxylic acids is 1. The van der Waals surface area contributed by atoms with E-state index in [4.69, 9.17) is 5.11 Å². The summed E-state index contributed by atoms with van der Waals surface area (Å²) in [4.78, 5) is 12.9. The van der Waals surface area contributed by atoms with E-state index in [9.17, 15) is 4.79 Å². The summed E-state index contributed by atoms with van der Waals surface area (Å²) in [5, 5.41) is 8.97. The Morgan fingerprint density at radius 1 is 1.54 bits per heavy atom. The maximum Gasteiger partial charge on any atom is 0.320 e. The predicted molar refractivity (Wildman–Crippen MR) is 56.3 cm³/mol. The van der Waals surface area contributed by atoms with E-state index in [2.05, 4.69) is 0 Å². The van der Waals surface area contributed by atoms with E-state index in [1.165, 1.54) is 11.5 Å². The standard InChI is InChI=1S/C8H13NO2S2/c1-9-5-8(12-2-3-13-8)4-6(9)7(10)11/h6H,2-5H2,1H3,(H,10,11)/t6-/m0/s1. The van der Waals surface area contributed by atoms with Gasteiger partial charge >= 0.3 is 5.97 Å². The first-order valence-electron chi connectivity index (χ1n) is 4.34. The molecule has 2 saturated heterocycles. The highest BCUT2D eigenvalue weighted by Crippen LogP contribution is 2.51. The van der Waals surface area contributed by atoms with Gasteiger partial charge < -0.3 is 5.11 Å². The Morgan fingerprint density at radius 2 is 2.15 bits per heavy atom. The van der Waals surface area contributed by atoms with E-state index in [0.29, 0.717) is 0 Å². The van der Waals surface area contributed by atoms with Gasteiger partial charge in [-0.2, -0.15) is 0 Å². The molecule has 1 spiro atoms. The summed E-state index contributed by atoms with van der Waals surface area (Å²) in [7, 11) is 1.91. The van der Waals surface area contributed by atoms with Gasteiger partial charge in [-0.1, -0.05) is 0 Å². The van der Waals surface area contributed by atoms with Gasteiger partial charge in [-0.25, -0.2) is 0 Å². The monoisotopic (exact) mass is 219 g/mol. The minimum atomic E-state index is -0.674. The van der Waals surface area contributed by atoms with Crippen molar-refractivity contribution in [2.45, 2.75) is 16.5 Å². The van der Waals surface area contributed by atoms with Crippen molar-refractivity contribution in [2.75, 3.05) is 25.1 Å². The maximum absolute atomic E-state index is 10.9. The van der Waals surface area contributed by atoms with E-state index in [0.717, 1.165) is 13.0 Å². The molecule has 13 heavy (non-hydrogen) atoms. The molecule has 3 nitrogen and oxygen atoms in total. The maximum atomic E-state index is 10.9. The van der Waals surface area contributed by atoms with Crippen LogP contribution in [0.15, 0.2) is 0 Å². The molecule has 0 aromatic carbocycles. The molecule has 0 aliphatic carbocycles. The topological polar surface area (TPSA) is 40.5 Å². The van der Waals surface area contributed by atoms with Crippen LogP contribution in [0.25, 0.3) is 0 Å². The van der Waals surface area contributed by atoms with Crippen LogP contribution in [0.4, 0.5) is 0 Å². The summed E-state index contributed by atoms with van der Waals surface area (Å²) in [6.45, 7) is 0.916. The van der Waals surface area contributed by atoms with Crippen LogP contribution in [-0.2, 0) is 4.79 Å². The third-order valence-electron chi connectivity index (χ3n) is 2.63. The normalized spacial score (nSPS) is 32.8. The number of likely N-dealkylation sites (N-methyl/N-ethyl adjacent to an activating group) is 1. The summed E-state index contributed by atoms with van der Waals surface area (Å²) < 4.78 is 0.192. The van der Waals surface area contributed by atoms with E-state index >= 15 is 0 Å². The fourth-order valence-electron chi connectivity index (χ4n) is 1.99. The quantitative estimate of drug-likeness (QED) is 0.711. The first-order valence-corrected chi connectivity index (χ1v) is 6.31. The van der Waals surface area contributed by atoms with Gasteiger partial charge in [0, 0.05) is 18.1 Å². The molecule has 0 bridgehead atoms. The van der Waals surface area contributed by atoms with Gasteiger partial charge in [0.05, 0.1) is 4.08 Å². The summed E-state index contributed by atoms with van der Waals surface area (Å²) in [6.07, 6.45) is 0.800. The molecule has 74 valence electrons. The van der Waals surface area contributed by atoms with Crippen LogP contribution in [0.2, 0.25) is 0 Å². The Morgan fingerprint density at radius 3 is 2.62 bits per heavy atom. The Hall–Kier alpha value is 0.130. The van der Waals surface area contributed by atoms with Gasteiger partial charge in [-0.15, -0.1) is 23.5 Å². The first-order chi connectivity index (χ1) is 6.13. The Kier molecular flexibility index (Phi) is 2.51. The number of carboxylic acid groups (broad SMARTS) is 1. The summed E-state index contributed by atoms with van der Waals surface area (Å²) >= 11 is 3.87. The number of carboxylic acids is 1. The Labute approximate surface area is 86.2 Å². The fourth-order valence-corrected chi connectivity index (χ4v) is 5.37. The molecule has 0 unspecified atom stereocenters. The molecule has 2 heterocycles. The van der Waals surface area contributed by atoms with Crippen LogP contribution in [0.5, 0.6) is 0 Å². The van der Waals surface area contributed by atoms with Crippen molar-refractivity contribution >= 4 is 29.5 Å². The van der Waals surface area contributed by atoms with Crippen LogP contribution in [-0.4, -0.2) is 51.2 Å². The highest BCUT2D eigenvalue weighted by molar-refractivity contribution is 8.21. The molecule has 0 amide bonds. The number of likely N-dealkylation sites (tertiary alicyclic amines) is 1. The van der Waals surface area contributed by atoms with Crippen molar-refractivity contribution < 1.29 is 9.90 Å². The van der Waals surface area contributed by atoms with Gasteiger partial charge in [0.25, 0.3) is 0 Å². The molecule has 5 heteroatoms. The lowest BCUT2D eigenvalue weighted by molar-refractivity contribution is -0.141. The minimum Gasteiger partial charge on any atom is -0.480 e. The summed E-state index contributed by atoms with van der Waals surface area (Å²) in [6, 6.07) is -0.266. The Balaban J connectivity index is 2.09.